The number of nitrogens with zero attached hydrogens (tertiary/aromatic N) is 1. The van der Waals surface area contributed by atoms with Gasteiger partial charge in [0, 0.05) is 19.1 Å². The van der Waals surface area contributed by atoms with Crippen LogP contribution in [0.2, 0.25) is 0 Å². The summed E-state index contributed by atoms with van der Waals surface area (Å²) in [6.45, 7) is 3.53. The van der Waals surface area contributed by atoms with E-state index in [2.05, 4.69) is 12.2 Å². The summed E-state index contributed by atoms with van der Waals surface area (Å²) in [7, 11) is 0. The van der Waals surface area contributed by atoms with Crippen molar-refractivity contribution in [2.75, 3.05) is 18.0 Å². The second kappa shape index (κ2) is 4.66. The molecule has 16 heavy (non-hydrogen) atoms. The van der Waals surface area contributed by atoms with Crippen molar-refractivity contribution in [2.24, 2.45) is 5.73 Å². The lowest BCUT2D eigenvalue weighted by atomic mass is 10.1. The highest BCUT2D eigenvalue weighted by Gasteiger charge is 2.13. The van der Waals surface area contributed by atoms with Gasteiger partial charge in [0.05, 0.1) is 5.69 Å². The van der Waals surface area contributed by atoms with Crippen molar-refractivity contribution in [3.8, 4) is 0 Å². The lowest BCUT2D eigenvalue weighted by Gasteiger charge is -2.26. The van der Waals surface area contributed by atoms with E-state index in [1.807, 2.05) is 24.0 Å². The standard InChI is InChI=1S/C13H17FN2/c1-10(15)11-5-6-13(12(14)9-11)16-7-3-2-4-8-16/h2-3,5-6,9-10H,4,7-8,15H2,1H3. The number of rotatable bonds is 2. The first-order valence-corrected chi connectivity index (χ1v) is 5.63. The fourth-order valence-electron chi connectivity index (χ4n) is 1.92. The molecule has 3 heteroatoms. The maximum Gasteiger partial charge on any atom is 0.146 e. The van der Waals surface area contributed by atoms with Crippen LogP contribution in [0.25, 0.3) is 0 Å². The highest BCUT2D eigenvalue weighted by Crippen LogP contribution is 2.24. The normalized spacial score (nSPS) is 17.6. The summed E-state index contributed by atoms with van der Waals surface area (Å²) in [6, 6.07) is 5.15. The molecule has 0 bridgehead atoms. The highest BCUT2D eigenvalue weighted by molar-refractivity contribution is 5.50. The summed E-state index contributed by atoms with van der Waals surface area (Å²) in [6.07, 6.45) is 5.18. The molecule has 1 aromatic rings. The van der Waals surface area contributed by atoms with E-state index in [4.69, 9.17) is 5.73 Å². The zero-order valence-corrected chi connectivity index (χ0v) is 9.49. The van der Waals surface area contributed by atoms with Gasteiger partial charge in [-0.05, 0) is 31.0 Å². The molecular weight excluding hydrogens is 203 g/mol. The van der Waals surface area contributed by atoms with E-state index in [-0.39, 0.29) is 11.9 Å². The average Bonchev–Trinajstić information content (AvgIpc) is 2.30. The smallest absolute Gasteiger partial charge is 0.146 e. The Bertz CT molecular complexity index is 399. The van der Waals surface area contributed by atoms with Crippen LogP contribution in [0.3, 0.4) is 0 Å². The van der Waals surface area contributed by atoms with Crippen LogP contribution in [0, 0.1) is 5.82 Å². The van der Waals surface area contributed by atoms with Gasteiger partial charge < -0.3 is 10.6 Å². The SMILES string of the molecule is CC(N)c1ccc(N2CC=CCC2)c(F)c1. The van der Waals surface area contributed by atoms with Crippen LogP contribution in [0.5, 0.6) is 0 Å². The largest absolute Gasteiger partial charge is 0.365 e. The van der Waals surface area contributed by atoms with Crippen LogP contribution in [-0.2, 0) is 0 Å². The van der Waals surface area contributed by atoms with Gasteiger partial charge in [0.25, 0.3) is 0 Å². The van der Waals surface area contributed by atoms with Gasteiger partial charge in [-0.2, -0.15) is 0 Å². The summed E-state index contributed by atoms with van der Waals surface area (Å²) in [5.41, 5.74) is 7.24. The Morgan fingerprint density at radius 1 is 1.38 bits per heavy atom. The fraction of sp³-hybridized carbons (Fsp3) is 0.385. The van der Waals surface area contributed by atoms with Crippen molar-refractivity contribution in [2.45, 2.75) is 19.4 Å². The Kier molecular flexibility index (Phi) is 3.25. The lowest BCUT2D eigenvalue weighted by Crippen LogP contribution is -2.27. The van der Waals surface area contributed by atoms with Gasteiger partial charge in [0.2, 0.25) is 0 Å². The van der Waals surface area contributed by atoms with Gasteiger partial charge in [-0.1, -0.05) is 18.2 Å². The summed E-state index contributed by atoms with van der Waals surface area (Å²) in [5.74, 6) is -0.176. The highest BCUT2D eigenvalue weighted by atomic mass is 19.1. The number of nitrogens with two attached hydrogens (primary N) is 1. The fourth-order valence-corrected chi connectivity index (χ4v) is 1.92. The minimum absolute atomic E-state index is 0.121. The minimum atomic E-state index is -0.176. The predicted octanol–water partition coefficient (Wildman–Crippen LogP) is 2.61. The monoisotopic (exact) mass is 220 g/mol. The third-order valence-electron chi connectivity index (χ3n) is 2.90. The molecule has 0 spiro atoms. The van der Waals surface area contributed by atoms with E-state index in [0.29, 0.717) is 5.69 Å². The topological polar surface area (TPSA) is 29.3 Å². The van der Waals surface area contributed by atoms with Gasteiger partial charge in [-0.25, -0.2) is 4.39 Å². The van der Waals surface area contributed by atoms with Crippen molar-refractivity contribution < 1.29 is 4.39 Å². The molecule has 1 atom stereocenters. The third-order valence-corrected chi connectivity index (χ3v) is 2.90. The lowest BCUT2D eigenvalue weighted by molar-refractivity contribution is 0.613. The van der Waals surface area contributed by atoms with Crippen LogP contribution in [0.15, 0.2) is 30.4 Å². The van der Waals surface area contributed by atoms with Gasteiger partial charge in [-0.3, -0.25) is 0 Å². The van der Waals surface area contributed by atoms with Crippen molar-refractivity contribution in [3.63, 3.8) is 0 Å². The molecule has 1 heterocycles. The number of hydrogen-bond acceptors (Lipinski definition) is 2. The number of hydrogen-bond donors (Lipinski definition) is 1. The summed E-state index contributed by atoms with van der Waals surface area (Å²) >= 11 is 0. The molecular formula is C13H17FN2. The molecule has 2 rings (SSSR count). The Labute approximate surface area is 95.6 Å². The first-order chi connectivity index (χ1) is 7.68. The summed E-state index contributed by atoms with van der Waals surface area (Å²) in [4.78, 5) is 2.04. The molecule has 0 radical (unpaired) electrons. The molecule has 1 aromatic carbocycles. The Morgan fingerprint density at radius 2 is 2.19 bits per heavy atom. The summed E-state index contributed by atoms with van der Waals surface area (Å²) in [5, 5.41) is 0. The van der Waals surface area contributed by atoms with Crippen molar-refractivity contribution >= 4 is 5.69 Å². The molecule has 0 aromatic heterocycles. The summed E-state index contributed by atoms with van der Waals surface area (Å²) < 4.78 is 13.9. The van der Waals surface area contributed by atoms with E-state index in [0.717, 1.165) is 25.1 Å². The first kappa shape index (κ1) is 11.1. The van der Waals surface area contributed by atoms with Crippen LogP contribution < -0.4 is 10.6 Å². The van der Waals surface area contributed by atoms with Gasteiger partial charge >= 0.3 is 0 Å². The molecule has 1 unspecified atom stereocenters. The van der Waals surface area contributed by atoms with E-state index in [1.165, 1.54) is 0 Å². The van der Waals surface area contributed by atoms with Crippen LogP contribution in [0.1, 0.15) is 24.9 Å². The second-order valence-corrected chi connectivity index (χ2v) is 4.21. The Balaban J connectivity index is 2.25. The molecule has 0 saturated carbocycles. The van der Waals surface area contributed by atoms with E-state index < -0.39 is 0 Å². The van der Waals surface area contributed by atoms with E-state index >= 15 is 0 Å². The number of halogens is 1. The zero-order chi connectivity index (χ0) is 11.5. The van der Waals surface area contributed by atoms with Crippen LogP contribution in [-0.4, -0.2) is 13.1 Å². The Hall–Kier alpha value is -1.35. The minimum Gasteiger partial charge on any atom is -0.365 e. The molecule has 2 nitrogen and oxygen atoms in total. The quantitative estimate of drug-likeness (QED) is 0.776. The molecule has 2 N–H and O–H groups in total. The van der Waals surface area contributed by atoms with Gasteiger partial charge in [0.15, 0.2) is 0 Å². The van der Waals surface area contributed by atoms with E-state index in [9.17, 15) is 4.39 Å². The average molecular weight is 220 g/mol. The molecule has 86 valence electrons. The van der Waals surface area contributed by atoms with Gasteiger partial charge in [-0.15, -0.1) is 0 Å². The molecule has 0 fully saturated rings. The van der Waals surface area contributed by atoms with Crippen LogP contribution in [0.4, 0.5) is 10.1 Å². The third kappa shape index (κ3) is 2.25. The van der Waals surface area contributed by atoms with E-state index in [1.54, 1.807) is 6.07 Å². The molecule has 1 aliphatic heterocycles. The zero-order valence-electron chi connectivity index (χ0n) is 9.49. The molecule has 0 amide bonds. The molecule has 0 saturated heterocycles. The first-order valence-electron chi connectivity index (χ1n) is 5.63. The Morgan fingerprint density at radius 3 is 2.75 bits per heavy atom. The number of benzene rings is 1. The molecule has 1 aliphatic rings. The van der Waals surface area contributed by atoms with Crippen molar-refractivity contribution in [1.29, 1.82) is 0 Å². The maximum atomic E-state index is 13.9. The van der Waals surface area contributed by atoms with Crippen LogP contribution >= 0.6 is 0 Å². The second-order valence-electron chi connectivity index (χ2n) is 4.21. The van der Waals surface area contributed by atoms with Crippen molar-refractivity contribution in [1.82, 2.24) is 0 Å². The maximum absolute atomic E-state index is 13.9. The molecule has 0 aliphatic carbocycles. The number of anilines is 1. The van der Waals surface area contributed by atoms with Gasteiger partial charge in [0.1, 0.15) is 5.82 Å². The van der Waals surface area contributed by atoms with Crippen molar-refractivity contribution in [3.05, 3.63) is 41.7 Å². The predicted molar refractivity (Wildman–Crippen MR) is 65.0 cm³/mol.